The van der Waals surface area contributed by atoms with E-state index in [1.54, 1.807) is 12.1 Å². The van der Waals surface area contributed by atoms with Crippen LogP contribution < -0.4 is 5.32 Å². The predicted molar refractivity (Wildman–Crippen MR) is 73.7 cm³/mol. The molecule has 0 radical (unpaired) electrons. The van der Waals surface area contributed by atoms with Gasteiger partial charge >= 0.3 is 5.97 Å². The molecule has 1 aromatic carbocycles. The van der Waals surface area contributed by atoms with Gasteiger partial charge in [-0.1, -0.05) is 0 Å². The van der Waals surface area contributed by atoms with Crippen molar-refractivity contribution in [2.45, 2.75) is 36.2 Å². The van der Waals surface area contributed by atoms with Crippen LogP contribution in [0, 0.1) is 5.82 Å². The number of rotatable bonds is 6. The molecule has 0 heterocycles. The maximum atomic E-state index is 12.8. The number of nitrogens with one attached hydrogen (secondary N) is 1. The van der Waals surface area contributed by atoms with Gasteiger partial charge in [-0.25, -0.2) is 4.39 Å². The first-order valence-electron chi connectivity index (χ1n) is 6.28. The summed E-state index contributed by atoms with van der Waals surface area (Å²) >= 11 is 1.52. The van der Waals surface area contributed by atoms with E-state index in [4.69, 9.17) is 4.74 Å². The Morgan fingerprint density at radius 3 is 2.63 bits per heavy atom. The van der Waals surface area contributed by atoms with E-state index in [9.17, 15) is 9.18 Å². The highest BCUT2D eigenvalue weighted by Gasteiger charge is 2.39. The van der Waals surface area contributed by atoms with Crippen LogP contribution in [0.5, 0.6) is 0 Å². The van der Waals surface area contributed by atoms with Crippen molar-refractivity contribution in [2.75, 3.05) is 12.9 Å². The molecule has 0 aliphatic heterocycles. The summed E-state index contributed by atoms with van der Waals surface area (Å²) in [6, 6.07) is 6.69. The molecule has 2 rings (SSSR count). The third kappa shape index (κ3) is 3.94. The highest BCUT2D eigenvalue weighted by atomic mass is 32.2. The lowest BCUT2D eigenvalue weighted by atomic mass is 10.1. The highest BCUT2D eigenvalue weighted by molar-refractivity contribution is 7.99. The van der Waals surface area contributed by atoms with Gasteiger partial charge in [-0.05, 0) is 44.0 Å². The molecule has 1 aliphatic carbocycles. The van der Waals surface area contributed by atoms with Gasteiger partial charge in [-0.2, -0.15) is 0 Å². The van der Waals surface area contributed by atoms with Crippen LogP contribution in [0.3, 0.4) is 0 Å². The molecule has 5 heteroatoms. The van der Waals surface area contributed by atoms with Crippen LogP contribution in [0.2, 0.25) is 0 Å². The van der Waals surface area contributed by atoms with Crippen molar-refractivity contribution in [3.05, 3.63) is 30.1 Å². The van der Waals surface area contributed by atoms with Crippen molar-refractivity contribution in [2.24, 2.45) is 0 Å². The van der Waals surface area contributed by atoms with E-state index in [1.165, 1.54) is 31.0 Å². The van der Waals surface area contributed by atoms with Gasteiger partial charge in [0.05, 0.1) is 7.11 Å². The minimum Gasteiger partial charge on any atom is -0.468 e. The number of esters is 1. The van der Waals surface area contributed by atoms with E-state index in [2.05, 4.69) is 5.32 Å². The Morgan fingerprint density at radius 1 is 1.47 bits per heavy atom. The number of carbonyl (C=O) groups is 1. The fourth-order valence-electron chi connectivity index (χ4n) is 1.82. The first-order chi connectivity index (χ1) is 9.03. The van der Waals surface area contributed by atoms with Crippen LogP contribution in [0.4, 0.5) is 4.39 Å². The van der Waals surface area contributed by atoms with E-state index in [1.807, 2.05) is 6.92 Å². The lowest BCUT2D eigenvalue weighted by molar-refractivity contribution is -0.147. The molecular formula is C14H18FNO2S. The largest absolute Gasteiger partial charge is 0.468 e. The molecule has 3 nitrogen and oxygen atoms in total. The number of methoxy groups -OCH3 is 1. The zero-order chi connectivity index (χ0) is 13.9. The highest BCUT2D eigenvalue weighted by Crippen LogP contribution is 2.28. The molecule has 1 unspecified atom stereocenters. The van der Waals surface area contributed by atoms with Crippen molar-refractivity contribution in [1.29, 1.82) is 0 Å². The number of hydrogen-bond acceptors (Lipinski definition) is 4. The van der Waals surface area contributed by atoms with Gasteiger partial charge in [0.1, 0.15) is 11.4 Å². The van der Waals surface area contributed by atoms with E-state index >= 15 is 0 Å². The van der Waals surface area contributed by atoms with Gasteiger partial charge < -0.3 is 4.74 Å². The topological polar surface area (TPSA) is 38.3 Å². The molecule has 0 aromatic heterocycles. The summed E-state index contributed by atoms with van der Waals surface area (Å²) in [7, 11) is 1.40. The minimum atomic E-state index is -0.699. The lowest BCUT2D eigenvalue weighted by Crippen LogP contribution is -2.53. The van der Waals surface area contributed by atoms with Crippen molar-refractivity contribution in [3.8, 4) is 0 Å². The van der Waals surface area contributed by atoms with Crippen molar-refractivity contribution >= 4 is 17.7 Å². The molecule has 1 N–H and O–H groups in total. The summed E-state index contributed by atoms with van der Waals surface area (Å²) in [5.41, 5.74) is -0.699. The van der Waals surface area contributed by atoms with Gasteiger partial charge in [0.15, 0.2) is 0 Å². The quantitative estimate of drug-likeness (QED) is 0.643. The molecule has 1 saturated carbocycles. The number of carbonyl (C=O) groups excluding carboxylic acids is 1. The average molecular weight is 283 g/mol. The van der Waals surface area contributed by atoms with E-state index in [0.29, 0.717) is 11.8 Å². The zero-order valence-electron chi connectivity index (χ0n) is 11.1. The number of hydrogen-bond donors (Lipinski definition) is 1. The minimum absolute atomic E-state index is 0.254. The normalized spacial score (nSPS) is 17.8. The van der Waals surface area contributed by atoms with Gasteiger partial charge in [-0.15, -0.1) is 11.8 Å². The number of thioether (sulfide) groups is 1. The monoisotopic (exact) mass is 283 g/mol. The molecule has 1 aromatic rings. The Labute approximate surface area is 116 Å². The van der Waals surface area contributed by atoms with E-state index in [0.717, 1.165) is 17.7 Å². The van der Waals surface area contributed by atoms with Gasteiger partial charge in [-0.3, -0.25) is 10.1 Å². The Morgan fingerprint density at radius 2 is 2.11 bits per heavy atom. The summed E-state index contributed by atoms with van der Waals surface area (Å²) in [6.45, 7) is 1.85. The molecular weight excluding hydrogens is 265 g/mol. The molecule has 0 saturated heterocycles. The van der Waals surface area contributed by atoms with Gasteiger partial charge in [0.2, 0.25) is 0 Å². The van der Waals surface area contributed by atoms with Gasteiger partial charge in [0, 0.05) is 16.7 Å². The second kappa shape index (κ2) is 5.92. The number of ether oxygens (including phenoxy) is 1. The van der Waals surface area contributed by atoms with Crippen LogP contribution in [-0.4, -0.2) is 30.4 Å². The SMILES string of the molecule is COC(=O)C(C)(CSc1ccc(F)cc1)NC1CC1. The molecule has 0 bridgehead atoms. The zero-order valence-corrected chi connectivity index (χ0v) is 11.9. The smallest absolute Gasteiger partial charge is 0.326 e. The third-order valence-electron chi connectivity index (χ3n) is 3.08. The standard InChI is InChI=1S/C14H18FNO2S/c1-14(13(17)18-2,16-11-5-6-11)9-19-12-7-3-10(15)4-8-12/h3-4,7-8,11,16H,5-6,9H2,1-2H3. The molecule has 0 spiro atoms. The Hall–Kier alpha value is -1.07. The van der Waals surface area contributed by atoms with Crippen LogP contribution in [-0.2, 0) is 9.53 Å². The second-order valence-corrected chi connectivity index (χ2v) is 6.03. The molecule has 19 heavy (non-hydrogen) atoms. The van der Waals surface area contributed by atoms with E-state index in [-0.39, 0.29) is 11.8 Å². The van der Waals surface area contributed by atoms with Crippen molar-refractivity contribution < 1.29 is 13.9 Å². The molecule has 104 valence electrons. The van der Waals surface area contributed by atoms with E-state index < -0.39 is 5.54 Å². The number of halogens is 1. The third-order valence-corrected chi connectivity index (χ3v) is 4.40. The Balaban J connectivity index is 1.99. The first-order valence-corrected chi connectivity index (χ1v) is 7.26. The van der Waals surface area contributed by atoms with Crippen LogP contribution >= 0.6 is 11.8 Å². The Kier molecular flexibility index (Phi) is 4.47. The second-order valence-electron chi connectivity index (χ2n) is 4.98. The van der Waals surface area contributed by atoms with Crippen molar-refractivity contribution in [3.63, 3.8) is 0 Å². The Bertz CT molecular complexity index is 447. The van der Waals surface area contributed by atoms with Crippen LogP contribution in [0.1, 0.15) is 19.8 Å². The molecule has 1 aliphatic rings. The van der Waals surface area contributed by atoms with Crippen molar-refractivity contribution in [1.82, 2.24) is 5.32 Å². The fraction of sp³-hybridized carbons (Fsp3) is 0.500. The molecule has 1 atom stereocenters. The summed E-state index contributed by atoms with van der Waals surface area (Å²) < 4.78 is 17.7. The predicted octanol–water partition coefficient (Wildman–Crippen LogP) is 2.60. The maximum absolute atomic E-state index is 12.8. The number of benzene rings is 1. The molecule has 0 amide bonds. The van der Waals surface area contributed by atoms with Crippen LogP contribution in [0.25, 0.3) is 0 Å². The summed E-state index contributed by atoms with van der Waals surface area (Å²) in [5, 5.41) is 3.33. The fourth-order valence-corrected chi connectivity index (χ4v) is 2.81. The summed E-state index contributed by atoms with van der Waals surface area (Å²) in [4.78, 5) is 12.9. The summed E-state index contributed by atoms with van der Waals surface area (Å²) in [6.07, 6.45) is 2.21. The summed E-state index contributed by atoms with van der Waals surface area (Å²) in [5.74, 6) is 0.0483. The molecule has 1 fully saturated rings. The van der Waals surface area contributed by atoms with Gasteiger partial charge in [0.25, 0.3) is 0 Å². The maximum Gasteiger partial charge on any atom is 0.326 e. The lowest BCUT2D eigenvalue weighted by Gasteiger charge is -2.27. The average Bonchev–Trinajstić information content (AvgIpc) is 3.21. The first kappa shape index (κ1) is 14.3. The van der Waals surface area contributed by atoms with Crippen LogP contribution in [0.15, 0.2) is 29.2 Å².